The Kier molecular flexibility index (Phi) is 9.93. The summed E-state index contributed by atoms with van der Waals surface area (Å²) in [7, 11) is 0. The fourth-order valence-electron chi connectivity index (χ4n) is 5.66. The Balaban J connectivity index is 2.11. The van der Waals surface area contributed by atoms with Crippen molar-refractivity contribution in [1.82, 2.24) is 0 Å². The Morgan fingerprint density at radius 2 is 1.06 bits per heavy atom. The van der Waals surface area contributed by atoms with E-state index in [0.29, 0.717) is 12.1 Å². The molecule has 53 heavy (non-hydrogen) atoms. The summed E-state index contributed by atoms with van der Waals surface area (Å²) in [6.07, 6.45) is -15.4. The summed E-state index contributed by atoms with van der Waals surface area (Å²) in [4.78, 5) is 6.86. The summed E-state index contributed by atoms with van der Waals surface area (Å²) >= 11 is 0. The summed E-state index contributed by atoms with van der Waals surface area (Å²) in [6, 6.07) is 20.6. The highest BCUT2D eigenvalue weighted by Gasteiger charge is 2.37. The second-order valence-electron chi connectivity index (χ2n) is 11.6. The molecular formula is C40H19F9N4. The molecule has 0 fully saturated rings. The molecule has 0 N–H and O–H groups in total. The smallest absolute Gasteiger partial charge is 0.238 e. The van der Waals surface area contributed by atoms with Gasteiger partial charge in [-0.2, -0.15) is 50.0 Å². The zero-order valence-corrected chi connectivity index (χ0v) is 26.9. The van der Waals surface area contributed by atoms with Crippen LogP contribution in [0, 0.1) is 42.7 Å². The van der Waals surface area contributed by atoms with Gasteiger partial charge in [-0.05, 0) is 99.6 Å². The van der Waals surface area contributed by atoms with Crippen LogP contribution in [0.4, 0.5) is 45.2 Å². The van der Waals surface area contributed by atoms with Gasteiger partial charge >= 0.3 is 18.5 Å². The van der Waals surface area contributed by atoms with Gasteiger partial charge < -0.3 is 0 Å². The molecule has 0 saturated carbocycles. The molecule has 262 valence electrons. The Bertz CT molecular complexity index is 2520. The second-order valence-corrected chi connectivity index (χ2v) is 11.6. The molecule has 5 rings (SSSR count). The average molecular weight is 727 g/mol. The van der Waals surface area contributed by atoms with Crippen LogP contribution in [-0.2, 0) is 18.5 Å². The predicted octanol–water partition coefficient (Wildman–Crippen LogP) is 10.6. The lowest BCUT2D eigenvalue weighted by molar-refractivity contribution is -0.143. The summed E-state index contributed by atoms with van der Waals surface area (Å²) in [5.74, 6) is 0. The zero-order valence-electron chi connectivity index (χ0n) is 26.9. The van der Waals surface area contributed by atoms with Gasteiger partial charge in [0.15, 0.2) is 5.69 Å². The van der Waals surface area contributed by atoms with Crippen LogP contribution in [0.5, 0.6) is 0 Å². The number of rotatable bonds is 4. The molecule has 0 aliphatic carbocycles. The normalized spacial score (nSPS) is 12.9. The first kappa shape index (κ1) is 37.4. The molecule has 0 aliphatic rings. The van der Waals surface area contributed by atoms with E-state index < -0.39 is 40.8 Å². The van der Waals surface area contributed by atoms with E-state index in [9.17, 15) is 50.0 Å². The molecule has 4 nitrogen and oxygen atoms in total. The van der Waals surface area contributed by atoms with E-state index in [0.717, 1.165) is 24.3 Å². The number of nitrogens with zero attached hydrogens (tertiary/aromatic N) is 4. The fourth-order valence-corrected chi connectivity index (χ4v) is 5.66. The largest absolute Gasteiger partial charge is 0.416 e. The zero-order chi connectivity index (χ0) is 38.9. The van der Waals surface area contributed by atoms with Gasteiger partial charge in [0.25, 0.3) is 0 Å². The third-order valence-corrected chi connectivity index (χ3v) is 8.09. The first-order valence-electron chi connectivity index (χ1n) is 15.1. The second kappa shape index (κ2) is 14.1. The van der Waals surface area contributed by atoms with E-state index in [1.54, 1.807) is 0 Å². The van der Waals surface area contributed by atoms with Crippen molar-refractivity contribution in [3.8, 4) is 34.4 Å². The molecule has 5 aromatic carbocycles. The highest BCUT2D eigenvalue weighted by molar-refractivity contribution is 5.86. The molecule has 0 radical (unpaired) electrons. The maximum atomic E-state index is 14.1. The fraction of sp³-hybridized carbons (Fsp3) is 0.100. The van der Waals surface area contributed by atoms with Crippen molar-refractivity contribution in [3.63, 3.8) is 0 Å². The molecule has 0 spiro atoms. The van der Waals surface area contributed by atoms with E-state index in [2.05, 4.69) is 9.69 Å². The third-order valence-electron chi connectivity index (χ3n) is 8.09. The number of alkyl halides is 9. The SMILES string of the molecule is [C-]#[N+]/C(c1ccc(C#N)cc1)=c1/cc(-c2cc(C(F)(F)F)cc(C(F)(F)F)c2)/c(=C(\C#N)c2ccc([N+]#[C-])cc2)cc1-c1cc(C)cc(C(F)(F)F)c1. The van der Waals surface area contributed by atoms with Crippen molar-refractivity contribution in [1.29, 1.82) is 10.5 Å². The lowest BCUT2D eigenvalue weighted by atomic mass is 9.88. The number of aryl methyl sites for hydroxylation is 1. The van der Waals surface area contributed by atoms with E-state index in [4.69, 9.17) is 13.1 Å². The molecule has 0 bridgehead atoms. The van der Waals surface area contributed by atoms with Gasteiger partial charge in [-0.1, -0.05) is 48.5 Å². The minimum Gasteiger partial charge on any atom is -0.238 e. The number of hydrogen-bond donors (Lipinski definition) is 0. The van der Waals surface area contributed by atoms with Crippen LogP contribution in [0.2, 0.25) is 0 Å². The predicted molar refractivity (Wildman–Crippen MR) is 177 cm³/mol. The van der Waals surface area contributed by atoms with E-state index in [1.807, 2.05) is 12.1 Å². The van der Waals surface area contributed by atoms with Crippen LogP contribution in [-0.4, -0.2) is 0 Å². The maximum Gasteiger partial charge on any atom is 0.416 e. The summed E-state index contributed by atoms with van der Waals surface area (Å²) in [5.41, 5.74) is -5.62. The van der Waals surface area contributed by atoms with Gasteiger partial charge in [0.2, 0.25) is 5.70 Å². The Morgan fingerprint density at radius 1 is 0.585 bits per heavy atom. The van der Waals surface area contributed by atoms with Crippen molar-refractivity contribution in [2.45, 2.75) is 25.5 Å². The van der Waals surface area contributed by atoms with Crippen molar-refractivity contribution in [2.75, 3.05) is 0 Å². The summed E-state index contributed by atoms with van der Waals surface area (Å²) < 4.78 is 127. The number of halogens is 9. The molecular weight excluding hydrogens is 707 g/mol. The van der Waals surface area contributed by atoms with Gasteiger partial charge in [0.05, 0.1) is 47.0 Å². The highest BCUT2D eigenvalue weighted by atomic mass is 19.4. The van der Waals surface area contributed by atoms with Gasteiger partial charge in [0, 0.05) is 5.22 Å². The lowest BCUT2D eigenvalue weighted by Crippen LogP contribution is -2.21. The van der Waals surface area contributed by atoms with Crippen LogP contribution in [0.15, 0.2) is 97.1 Å². The number of nitriles is 2. The van der Waals surface area contributed by atoms with Gasteiger partial charge in [-0.3, -0.25) is 0 Å². The number of benzene rings is 5. The summed E-state index contributed by atoms with van der Waals surface area (Å²) in [5, 5.41) is 19.3. The van der Waals surface area contributed by atoms with Crippen LogP contribution in [0.25, 0.3) is 43.2 Å². The topological polar surface area (TPSA) is 56.3 Å². The lowest BCUT2D eigenvalue weighted by Gasteiger charge is -2.17. The van der Waals surface area contributed by atoms with Gasteiger partial charge in [-0.25, -0.2) is 9.69 Å². The monoisotopic (exact) mass is 726 g/mol. The van der Waals surface area contributed by atoms with Crippen molar-refractivity contribution in [3.05, 3.63) is 169 Å². The first-order valence-corrected chi connectivity index (χ1v) is 15.1. The highest BCUT2D eigenvalue weighted by Crippen LogP contribution is 2.39. The standard InChI is InChI=1S/C40H19F9N4/c1-22-12-26(14-28(13-22)38(41,42)43)33-18-34(36(21-51)24-8-10-31(52-2)11-9-24)32(19-35(33)37(53-3)25-6-4-23(20-50)5-7-25)27-15-29(39(44,45)46)17-30(16-27)40(47,48)49/h4-19H,1H3/b36-34+,37-35-. The van der Waals surface area contributed by atoms with Gasteiger partial charge in [-0.15, -0.1) is 0 Å². The molecule has 0 aromatic heterocycles. The molecule has 0 unspecified atom stereocenters. The molecule has 0 amide bonds. The van der Waals surface area contributed by atoms with E-state index >= 15 is 0 Å². The maximum absolute atomic E-state index is 14.1. The van der Waals surface area contributed by atoms with Crippen molar-refractivity contribution >= 4 is 17.0 Å². The van der Waals surface area contributed by atoms with Crippen LogP contribution in [0.3, 0.4) is 0 Å². The molecule has 0 atom stereocenters. The Morgan fingerprint density at radius 3 is 1.53 bits per heavy atom. The van der Waals surface area contributed by atoms with Crippen LogP contribution in [0.1, 0.15) is 38.9 Å². The summed E-state index contributed by atoms with van der Waals surface area (Å²) in [6.45, 7) is 16.7. The van der Waals surface area contributed by atoms with Crippen molar-refractivity contribution < 1.29 is 39.5 Å². The van der Waals surface area contributed by atoms with Crippen molar-refractivity contribution in [2.24, 2.45) is 0 Å². The molecule has 13 heteroatoms. The molecule has 5 aromatic rings. The van der Waals surface area contributed by atoms with Gasteiger partial charge in [0.1, 0.15) is 6.07 Å². The van der Waals surface area contributed by atoms with Crippen LogP contribution >= 0.6 is 0 Å². The van der Waals surface area contributed by atoms with Crippen LogP contribution < -0.4 is 10.4 Å². The molecule has 0 saturated heterocycles. The van der Waals surface area contributed by atoms with E-state index in [1.165, 1.54) is 61.5 Å². The minimum atomic E-state index is -5.26. The Hall–Kier alpha value is -6.83. The quantitative estimate of drug-likeness (QED) is 0.137. The minimum absolute atomic E-state index is 0.0741. The third kappa shape index (κ3) is 7.91. The molecule has 0 aliphatic heterocycles. The average Bonchev–Trinajstić information content (AvgIpc) is 3.11. The van der Waals surface area contributed by atoms with E-state index in [-0.39, 0.29) is 72.4 Å². The molecule has 0 heterocycles. The first-order chi connectivity index (χ1) is 24.9. The number of hydrogen-bond acceptors (Lipinski definition) is 2. The Labute approximate surface area is 295 Å².